The van der Waals surface area contributed by atoms with E-state index >= 15 is 0 Å². The normalized spacial score (nSPS) is 10.4. The molecule has 1 aromatic heterocycles. The minimum Gasteiger partial charge on any atom is -0.464 e. The molecule has 0 saturated carbocycles. The molecule has 0 saturated heterocycles. The molecule has 0 aliphatic heterocycles. The van der Waals surface area contributed by atoms with E-state index in [0.29, 0.717) is 10.6 Å². The molecule has 0 radical (unpaired) electrons. The van der Waals surface area contributed by atoms with E-state index in [-0.39, 0.29) is 10.2 Å². The number of aromatic nitrogens is 1. The third kappa shape index (κ3) is 2.28. The van der Waals surface area contributed by atoms with Crippen LogP contribution in [0.5, 0.6) is 0 Å². The number of nitrogens with zero attached hydrogens (tertiary/aromatic N) is 1. The molecule has 0 N–H and O–H groups in total. The van der Waals surface area contributed by atoms with E-state index in [1.165, 1.54) is 18.6 Å². The predicted molar refractivity (Wildman–Crippen MR) is 66.5 cm³/mol. The van der Waals surface area contributed by atoms with Gasteiger partial charge in [0.1, 0.15) is 5.01 Å². The highest BCUT2D eigenvalue weighted by molar-refractivity contribution is 9.10. The van der Waals surface area contributed by atoms with Gasteiger partial charge in [-0.15, -0.1) is 11.3 Å². The molecule has 7 heteroatoms. The lowest BCUT2D eigenvalue weighted by atomic mass is 10.2. The Morgan fingerprint density at radius 2 is 2.17 bits per heavy atom. The highest BCUT2D eigenvalue weighted by Crippen LogP contribution is 2.33. The van der Waals surface area contributed by atoms with Crippen LogP contribution in [0.15, 0.2) is 22.0 Å². The molecule has 1 heterocycles. The smallest absolute Gasteiger partial charge is 0.357 e. The molecule has 1 aromatic carbocycles. The Bertz CT molecular complexity index is 615. The zero-order chi connectivity index (χ0) is 13.3. The number of hydrogen-bond donors (Lipinski definition) is 0. The minimum atomic E-state index is -0.984. The lowest BCUT2D eigenvalue weighted by molar-refractivity contribution is 0.0595. The van der Waals surface area contributed by atoms with Crippen molar-refractivity contribution in [3.05, 3.63) is 39.3 Å². The summed E-state index contributed by atoms with van der Waals surface area (Å²) < 4.78 is 30.8. The summed E-state index contributed by atoms with van der Waals surface area (Å²) >= 11 is 4.11. The first-order valence-electron chi connectivity index (χ1n) is 4.72. The topological polar surface area (TPSA) is 39.2 Å². The molecule has 0 unspecified atom stereocenters. The van der Waals surface area contributed by atoms with Gasteiger partial charge in [0.25, 0.3) is 0 Å². The van der Waals surface area contributed by atoms with Crippen LogP contribution in [0, 0.1) is 11.6 Å². The van der Waals surface area contributed by atoms with Gasteiger partial charge in [0.15, 0.2) is 17.3 Å². The van der Waals surface area contributed by atoms with E-state index in [4.69, 9.17) is 0 Å². The van der Waals surface area contributed by atoms with E-state index in [2.05, 4.69) is 25.7 Å². The number of thiazole rings is 1. The largest absolute Gasteiger partial charge is 0.464 e. The fourth-order valence-corrected chi connectivity index (χ4v) is 2.75. The lowest BCUT2D eigenvalue weighted by Crippen LogP contribution is -2.01. The van der Waals surface area contributed by atoms with Crippen molar-refractivity contribution in [1.29, 1.82) is 0 Å². The Labute approximate surface area is 114 Å². The number of esters is 1. The second kappa shape index (κ2) is 5.11. The summed E-state index contributed by atoms with van der Waals surface area (Å²) in [5.41, 5.74) is 0.517. The van der Waals surface area contributed by atoms with Gasteiger partial charge in [-0.3, -0.25) is 0 Å². The van der Waals surface area contributed by atoms with Gasteiger partial charge in [0, 0.05) is 10.9 Å². The first kappa shape index (κ1) is 13.1. The Kier molecular flexibility index (Phi) is 3.72. The average molecular weight is 334 g/mol. The fourth-order valence-electron chi connectivity index (χ4n) is 1.29. The number of ether oxygens (including phenoxy) is 1. The molecule has 2 rings (SSSR count). The van der Waals surface area contributed by atoms with Gasteiger partial charge in [-0.2, -0.15) is 0 Å². The number of rotatable bonds is 2. The van der Waals surface area contributed by atoms with Gasteiger partial charge < -0.3 is 4.74 Å². The summed E-state index contributed by atoms with van der Waals surface area (Å²) in [6.07, 6.45) is 0. The van der Waals surface area contributed by atoms with Gasteiger partial charge in [-0.05, 0) is 28.1 Å². The Morgan fingerprint density at radius 3 is 2.83 bits per heavy atom. The average Bonchev–Trinajstić information content (AvgIpc) is 2.84. The lowest BCUT2D eigenvalue weighted by Gasteiger charge is -2.02. The van der Waals surface area contributed by atoms with Crippen LogP contribution in [0.4, 0.5) is 8.78 Å². The molecule has 2 aromatic rings. The quantitative estimate of drug-likeness (QED) is 0.622. The second-order valence-electron chi connectivity index (χ2n) is 3.25. The fraction of sp³-hybridized carbons (Fsp3) is 0.0909. The first-order valence-corrected chi connectivity index (χ1v) is 6.39. The number of carbonyl (C=O) groups excluding carboxylic acids is 1. The van der Waals surface area contributed by atoms with Crippen molar-refractivity contribution in [3.8, 4) is 10.6 Å². The molecular weight excluding hydrogens is 328 g/mol. The summed E-state index contributed by atoms with van der Waals surface area (Å²) in [5, 5.41) is 1.90. The molecule has 0 amide bonds. The molecule has 0 fully saturated rings. The molecule has 0 aliphatic carbocycles. The van der Waals surface area contributed by atoms with Crippen LogP contribution in [-0.2, 0) is 4.74 Å². The molecule has 3 nitrogen and oxygen atoms in total. The first-order chi connectivity index (χ1) is 8.54. The Balaban J connectivity index is 2.47. The summed E-state index contributed by atoms with van der Waals surface area (Å²) in [6, 6.07) is 2.40. The van der Waals surface area contributed by atoms with Crippen molar-refractivity contribution in [1.82, 2.24) is 4.98 Å². The zero-order valence-corrected chi connectivity index (χ0v) is 11.4. The third-order valence-corrected chi connectivity index (χ3v) is 3.82. The second-order valence-corrected chi connectivity index (χ2v) is 4.90. The summed E-state index contributed by atoms with van der Waals surface area (Å²) in [5.74, 6) is -2.51. The minimum absolute atomic E-state index is 0.0201. The maximum Gasteiger partial charge on any atom is 0.357 e. The van der Waals surface area contributed by atoms with Crippen LogP contribution in [0.25, 0.3) is 10.6 Å². The summed E-state index contributed by atoms with van der Waals surface area (Å²) in [6.45, 7) is 0. The summed E-state index contributed by atoms with van der Waals surface area (Å²) in [7, 11) is 1.24. The number of benzene rings is 1. The standard InChI is InChI=1S/C11H6BrF2NO2S/c1-17-11(16)7-4-18-10(15-7)5-2-3-6(13)9(14)8(5)12/h2-4H,1H3. The van der Waals surface area contributed by atoms with Gasteiger partial charge in [-0.25, -0.2) is 18.6 Å². The molecule has 0 spiro atoms. The van der Waals surface area contributed by atoms with E-state index in [0.717, 1.165) is 17.4 Å². The molecule has 0 aliphatic rings. The van der Waals surface area contributed by atoms with E-state index in [9.17, 15) is 13.6 Å². The van der Waals surface area contributed by atoms with Crippen molar-refractivity contribution in [2.24, 2.45) is 0 Å². The predicted octanol–water partition coefficient (Wildman–Crippen LogP) is 3.64. The van der Waals surface area contributed by atoms with E-state index < -0.39 is 17.6 Å². The van der Waals surface area contributed by atoms with E-state index in [1.54, 1.807) is 0 Å². The highest BCUT2D eigenvalue weighted by Gasteiger charge is 2.17. The van der Waals surface area contributed by atoms with Crippen molar-refractivity contribution in [3.63, 3.8) is 0 Å². The number of halogens is 3. The molecule has 0 atom stereocenters. The van der Waals surface area contributed by atoms with Gasteiger partial charge >= 0.3 is 5.97 Å². The van der Waals surface area contributed by atoms with Crippen molar-refractivity contribution in [2.75, 3.05) is 7.11 Å². The highest BCUT2D eigenvalue weighted by atomic mass is 79.9. The zero-order valence-electron chi connectivity index (χ0n) is 9.04. The number of carbonyl (C=O) groups is 1. The van der Waals surface area contributed by atoms with Crippen LogP contribution < -0.4 is 0 Å². The third-order valence-electron chi connectivity index (χ3n) is 2.16. The van der Waals surface area contributed by atoms with Crippen LogP contribution in [0.2, 0.25) is 0 Å². The Hall–Kier alpha value is -1.34. The van der Waals surface area contributed by atoms with E-state index in [1.807, 2.05) is 0 Å². The SMILES string of the molecule is COC(=O)c1csc(-c2ccc(F)c(F)c2Br)n1. The maximum atomic E-state index is 13.4. The Morgan fingerprint density at radius 1 is 1.44 bits per heavy atom. The summed E-state index contributed by atoms with van der Waals surface area (Å²) in [4.78, 5) is 15.2. The van der Waals surface area contributed by atoms with Gasteiger partial charge in [0.05, 0.1) is 11.6 Å². The monoisotopic (exact) mass is 333 g/mol. The van der Waals surface area contributed by atoms with Crippen molar-refractivity contribution in [2.45, 2.75) is 0 Å². The van der Waals surface area contributed by atoms with Crippen LogP contribution in [0.3, 0.4) is 0 Å². The number of hydrogen-bond acceptors (Lipinski definition) is 4. The molecular formula is C11H6BrF2NO2S. The van der Waals surface area contributed by atoms with Crippen LogP contribution >= 0.6 is 27.3 Å². The molecule has 18 heavy (non-hydrogen) atoms. The van der Waals surface area contributed by atoms with Gasteiger partial charge in [-0.1, -0.05) is 0 Å². The molecule has 94 valence electrons. The molecule has 0 bridgehead atoms. The van der Waals surface area contributed by atoms with Crippen LogP contribution in [0.1, 0.15) is 10.5 Å². The van der Waals surface area contributed by atoms with Gasteiger partial charge in [0.2, 0.25) is 0 Å². The van der Waals surface area contributed by atoms with Crippen molar-refractivity contribution >= 4 is 33.2 Å². The van der Waals surface area contributed by atoms with Crippen LogP contribution in [-0.4, -0.2) is 18.1 Å². The van der Waals surface area contributed by atoms with Crippen molar-refractivity contribution < 1.29 is 18.3 Å². The number of methoxy groups -OCH3 is 1. The maximum absolute atomic E-state index is 13.4.